The van der Waals surface area contributed by atoms with Crippen LogP contribution in [-0.2, 0) is 11.3 Å². The summed E-state index contributed by atoms with van der Waals surface area (Å²) in [6.45, 7) is 6.74. The summed E-state index contributed by atoms with van der Waals surface area (Å²) in [6, 6.07) is 10.6. The highest BCUT2D eigenvalue weighted by molar-refractivity contribution is 5.13. The number of likely N-dealkylation sites (tertiary alicyclic amines) is 1. The first-order valence-corrected chi connectivity index (χ1v) is 6.74. The van der Waals surface area contributed by atoms with Crippen LogP contribution >= 0.6 is 0 Å². The Morgan fingerprint density at radius 1 is 1.33 bits per heavy atom. The summed E-state index contributed by atoms with van der Waals surface area (Å²) in [4.78, 5) is 2.36. The third-order valence-corrected chi connectivity index (χ3v) is 3.59. The molecule has 0 radical (unpaired) electrons. The van der Waals surface area contributed by atoms with Crippen LogP contribution in [0.3, 0.4) is 0 Å². The minimum absolute atomic E-state index is 0.0682. The molecule has 3 heteroatoms. The van der Waals surface area contributed by atoms with Crippen LogP contribution in [0.15, 0.2) is 30.3 Å². The Balaban J connectivity index is 1.87. The first kappa shape index (κ1) is 13.5. The standard InChI is InChI=1S/C15H23NO2/c1-12(2)16-9-8-14(17)15(10-16)18-11-13-6-4-3-5-7-13/h3-7,12,14-15,17H,8-11H2,1-2H3/t14-,15-/m0/s1. The van der Waals surface area contributed by atoms with E-state index in [0.717, 1.165) is 25.1 Å². The highest BCUT2D eigenvalue weighted by atomic mass is 16.5. The average Bonchev–Trinajstić information content (AvgIpc) is 2.38. The Hall–Kier alpha value is -0.900. The first-order valence-electron chi connectivity index (χ1n) is 6.74. The molecule has 0 bridgehead atoms. The van der Waals surface area contributed by atoms with Gasteiger partial charge in [0.15, 0.2) is 0 Å². The predicted octanol–water partition coefficient (Wildman–Crippen LogP) is 2.05. The van der Waals surface area contributed by atoms with Gasteiger partial charge in [-0.3, -0.25) is 4.90 Å². The number of benzene rings is 1. The molecule has 0 spiro atoms. The van der Waals surface area contributed by atoms with Gasteiger partial charge >= 0.3 is 0 Å². The molecule has 0 aliphatic carbocycles. The van der Waals surface area contributed by atoms with E-state index in [1.165, 1.54) is 0 Å². The zero-order valence-electron chi connectivity index (χ0n) is 11.2. The van der Waals surface area contributed by atoms with Gasteiger partial charge in [0.05, 0.1) is 18.8 Å². The Kier molecular flexibility index (Phi) is 4.75. The number of ether oxygens (including phenoxy) is 1. The molecule has 1 aromatic rings. The van der Waals surface area contributed by atoms with Crippen molar-refractivity contribution >= 4 is 0 Å². The van der Waals surface area contributed by atoms with Gasteiger partial charge in [-0.05, 0) is 25.8 Å². The van der Waals surface area contributed by atoms with E-state index in [1.54, 1.807) is 0 Å². The van der Waals surface area contributed by atoms with Gasteiger partial charge in [-0.15, -0.1) is 0 Å². The normalized spacial score (nSPS) is 25.6. The van der Waals surface area contributed by atoms with E-state index in [4.69, 9.17) is 4.74 Å². The number of hydrogen-bond acceptors (Lipinski definition) is 3. The molecule has 100 valence electrons. The molecule has 2 atom stereocenters. The van der Waals surface area contributed by atoms with Gasteiger partial charge < -0.3 is 9.84 Å². The molecule has 3 nitrogen and oxygen atoms in total. The summed E-state index contributed by atoms with van der Waals surface area (Å²) in [5.41, 5.74) is 1.16. The average molecular weight is 249 g/mol. The molecule has 18 heavy (non-hydrogen) atoms. The molecule has 0 saturated carbocycles. The van der Waals surface area contributed by atoms with Crippen LogP contribution in [0.5, 0.6) is 0 Å². The number of aliphatic hydroxyl groups excluding tert-OH is 1. The van der Waals surface area contributed by atoms with Gasteiger partial charge in [0.2, 0.25) is 0 Å². The topological polar surface area (TPSA) is 32.7 Å². The van der Waals surface area contributed by atoms with Crippen LogP contribution in [0.25, 0.3) is 0 Å². The molecular formula is C15H23NO2. The van der Waals surface area contributed by atoms with Gasteiger partial charge in [-0.25, -0.2) is 0 Å². The highest BCUT2D eigenvalue weighted by Gasteiger charge is 2.29. The van der Waals surface area contributed by atoms with Crippen molar-refractivity contribution in [1.82, 2.24) is 4.90 Å². The molecule has 1 aliphatic heterocycles. The fourth-order valence-corrected chi connectivity index (χ4v) is 2.34. The van der Waals surface area contributed by atoms with Crippen molar-refractivity contribution in [2.24, 2.45) is 0 Å². The molecule has 1 N–H and O–H groups in total. The molecule has 1 fully saturated rings. The van der Waals surface area contributed by atoms with E-state index in [0.29, 0.717) is 12.6 Å². The molecule has 0 amide bonds. The molecule has 0 aromatic heterocycles. The van der Waals surface area contributed by atoms with Crippen molar-refractivity contribution in [2.45, 2.75) is 45.1 Å². The third kappa shape index (κ3) is 3.55. The molecular weight excluding hydrogens is 226 g/mol. The van der Waals surface area contributed by atoms with Gasteiger partial charge in [0, 0.05) is 19.1 Å². The molecule has 1 aliphatic rings. The lowest BCUT2D eigenvalue weighted by Crippen LogP contribution is -2.50. The number of nitrogens with zero attached hydrogens (tertiary/aromatic N) is 1. The Bertz CT molecular complexity index is 353. The van der Waals surface area contributed by atoms with Gasteiger partial charge in [-0.1, -0.05) is 30.3 Å². The number of aliphatic hydroxyl groups is 1. The van der Waals surface area contributed by atoms with Gasteiger partial charge in [0.1, 0.15) is 0 Å². The minimum Gasteiger partial charge on any atom is -0.390 e. The largest absolute Gasteiger partial charge is 0.390 e. The molecule has 1 heterocycles. The quantitative estimate of drug-likeness (QED) is 0.886. The van der Waals surface area contributed by atoms with E-state index < -0.39 is 0 Å². The van der Waals surface area contributed by atoms with Crippen molar-refractivity contribution in [3.05, 3.63) is 35.9 Å². The van der Waals surface area contributed by atoms with Crippen molar-refractivity contribution in [3.8, 4) is 0 Å². The SMILES string of the molecule is CC(C)N1CC[C@H](O)[C@@H](OCc2ccccc2)C1. The lowest BCUT2D eigenvalue weighted by atomic mass is 10.0. The van der Waals surface area contributed by atoms with E-state index >= 15 is 0 Å². The van der Waals surface area contributed by atoms with E-state index in [9.17, 15) is 5.11 Å². The van der Waals surface area contributed by atoms with Crippen LogP contribution in [0, 0.1) is 0 Å². The number of rotatable bonds is 4. The Morgan fingerprint density at radius 3 is 2.72 bits per heavy atom. The Morgan fingerprint density at radius 2 is 2.06 bits per heavy atom. The maximum Gasteiger partial charge on any atom is 0.0965 e. The maximum absolute atomic E-state index is 9.99. The number of piperidine rings is 1. The smallest absolute Gasteiger partial charge is 0.0965 e. The monoisotopic (exact) mass is 249 g/mol. The zero-order chi connectivity index (χ0) is 13.0. The van der Waals surface area contributed by atoms with Crippen LogP contribution in [0.4, 0.5) is 0 Å². The summed E-state index contributed by atoms with van der Waals surface area (Å²) in [5, 5.41) is 9.99. The predicted molar refractivity (Wildman–Crippen MR) is 72.4 cm³/mol. The van der Waals surface area contributed by atoms with Crippen LogP contribution in [-0.4, -0.2) is 41.3 Å². The van der Waals surface area contributed by atoms with Crippen LogP contribution in [0.2, 0.25) is 0 Å². The summed E-state index contributed by atoms with van der Waals surface area (Å²) in [6.07, 6.45) is 0.405. The summed E-state index contributed by atoms with van der Waals surface area (Å²) in [7, 11) is 0. The summed E-state index contributed by atoms with van der Waals surface area (Å²) in [5.74, 6) is 0. The fraction of sp³-hybridized carbons (Fsp3) is 0.600. The zero-order valence-corrected chi connectivity index (χ0v) is 11.2. The van der Waals surface area contributed by atoms with Gasteiger partial charge in [-0.2, -0.15) is 0 Å². The second-order valence-electron chi connectivity index (χ2n) is 5.28. The van der Waals surface area contributed by atoms with E-state index in [1.807, 2.05) is 18.2 Å². The Labute approximate surface area is 109 Å². The first-order chi connectivity index (χ1) is 8.66. The lowest BCUT2D eigenvalue weighted by Gasteiger charge is -2.38. The molecule has 1 aromatic carbocycles. The van der Waals surface area contributed by atoms with Crippen molar-refractivity contribution in [1.29, 1.82) is 0 Å². The molecule has 2 rings (SSSR count). The summed E-state index contributed by atoms with van der Waals surface area (Å²) >= 11 is 0. The second kappa shape index (κ2) is 6.32. The second-order valence-corrected chi connectivity index (χ2v) is 5.28. The van der Waals surface area contributed by atoms with E-state index in [-0.39, 0.29) is 12.2 Å². The number of hydrogen-bond donors (Lipinski definition) is 1. The molecule has 1 saturated heterocycles. The lowest BCUT2D eigenvalue weighted by molar-refractivity contribution is -0.0913. The van der Waals surface area contributed by atoms with Crippen molar-refractivity contribution < 1.29 is 9.84 Å². The van der Waals surface area contributed by atoms with Crippen LogP contribution in [0.1, 0.15) is 25.8 Å². The van der Waals surface area contributed by atoms with Crippen molar-refractivity contribution in [2.75, 3.05) is 13.1 Å². The fourth-order valence-electron chi connectivity index (χ4n) is 2.34. The third-order valence-electron chi connectivity index (χ3n) is 3.59. The summed E-state index contributed by atoms with van der Waals surface area (Å²) < 4.78 is 5.87. The minimum atomic E-state index is -0.330. The maximum atomic E-state index is 9.99. The van der Waals surface area contributed by atoms with Gasteiger partial charge in [0.25, 0.3) is 0 Å². The highest BCUT2D eigenvalue weighted by Crippen LogP contribution is 2.17. The van der Waals surface area contributed by atoms with Crippen LogP contribution < -0.4 is 0 Å². The molecule has 0 unspecified atom stereocenters. The van der Waals surface area contributed by atoms with Crippen molar-refractivity contribution in [3.63, 3.8) is 0 Å². The van der Waals surface area contributed by atoms with E-state index in [2.05, 4.69) is 30.9 Å².